The van der Waals surface area contributed by atoms with Gasteiger partial charge in [-0.05, 0) is 30.5 Å². The lowest BCUT2D eigenvalue weighted by molar-refractivity contribution is -0.143. The van der Waals surface area contributed by atoms with Crippen LogP contribution < -0.4 is 0 Å². The molecule has 0 fully saturated rings. The lowest BCUT2D eigenvalue weighted by atomic mass is 9.92. The van der Waals surface area contributed by atoms with E-state index in [2.05, 4.69) is 0 Å². The first-order chi connectivity index (χ1) is 10.1. The SMILES string of the molecule is Cc1ccoc1C(=O)N1CCc2ccccc2C1C(=O)O. The molecule has 1 aliphatic rings. The summed E-state index contributed by atoms with van der Waals surface area (Å²) in [6, 6.07) is 8.08. The second-order valence-electron chi connectivity index (χ2n) is 5.12. The smallest absolute Gasteiger partial charge is 0.331 e. The summed E-state index contributed by atoms with van der Waals surface area (Å²) in [4.78, 5) is 25.6. The summed E-state index contributed by atoms with van der Waals surface area (Å²) in [5.41, 5.74) is 2.36. The number of hydrogen-bond acceptors (Lipinski definition) is 3. The van der Waals surface area contributed by atoms with Crippen molar-refractivity contribution in [2.75, 3.05) is 6.54 Å². The Hall–Kier alpha value is -2.56. The summed E-state index contributed by atoms with van der Waals surface area (Å²) in [7, 11) is 0. The normalized spacial score (nSPS) is 17.4. The molecule has 0 spiro atoms. The predicted molar refractivity (Wildman–Crippen MR) is 75.0 cm³/mol. The molecular formula is C16H15NO4. The molecule has 1 aromatic heterocycles. The summed E-state index contributed by atoms with van der Waals surface area (Å²) in [5, 5.41) is 9.55. The number of benzene rings is 1. The van der Waals surface area contributed by atoms with E-state index in [1.807, 2.05) is 12.1 Å². The van der Waals surface area contributed by atoms with Gasteiger partial charge in [0, 0.05) is 12.1 Å². The summed E-state index contributed by atoms with van der Waals surface area (Å²) in [6.07, 6.45) is 2.09. The van der Waals surface area contributed by atoms with Crippen LogP contribution in [0.25, 0.3) is 0 Å². The van der Waals surface area contributed by atoms with Gasteiger partial charge in [-0.2, -0.15) is 0 Å². The maximum absolute atomic E-state index is 12.6. The maximum Gasteiger partial charge on any atom is 0.331 e. The number of rotatable bonds is 2. The zero-order valence-corrected chi connectivity index (χ0v) is 11.6. The number of carboxylic acids is 1. The van der Waals surface area contributed by atoms with Crippen molar-refractivity contribution >= 4 is 11.9 Å². The molecule has 1 atom stereocenters. The van der Waals surface area contributed by atoms with Gasteiger partial charge in [0.05, 0.1) is 6.26 Å². The highest BCUT2D eigenvalue weighted by atomic mass is 16.4. The Labute approximate surface area is 121 Å². The van der Waals surface area contributed by atoms with Crippen molar-refractivity contribution in [2.24, 2.45) is 0 Å². The van der Waals surface area contributed by atoms with Crippen LogP contribution >= 0.6 is 0 Å². The molecule has 5 heteroatoms. The van der Waals surface area contributed by atoms with Gasteiger partial charge in [-0.25, -0.2) is 4.79 Å². The van der Waals surface area contributed by atoms with Gasteiger partial charge in [-0.3, -0.25) is 4.79 Å². The topological polar surface area (TPSA) is 70.8 Å². The van der Waals surface area contributed by atoms with Crippen LogP contribution in [-0.4, -0.2) is 28.4 Å². The first-order valence-corrected chi connectivity index (χ1v) is 6.75. The molecule has 0 saturated carbocycles. The van der Waals surface area contributed by atoms with Gasteiger partial charge in [-0.15, -0.1) is 0 Å². The highest BCUT2D eigenvalue weighted by molar-refractivity contribution is 5.96. The fourth-order valence-electron chi connectivity index (χ4n) is 2.77. The molecule has 0 radical (unpaired) electrons. The first-order valence-electron chi connectivity index (χ1n) is 6.75. The van der Waals surface area contributed by atoms with Crippen molar-refractivity contribution in [3.63, 3.8) is 0 Å². The van der Waals surface area contributed by atoms with Crippen LogP contribution in [0, 0.1) is 6.92 Å². The number of hydrogen-bond donors (Lipinski definition) is 1. The maximum atomic E-state index is 12.6. The average molecular weight is 285 g/mol. The van der Waals surface area contributed by atoms with E-state index in [9.17, 15) is 14.7 Å². The van der Waals surface area contributed by atoms with Crippen molar-refractivity contribution in [2.45, 2.75) is 19.4 Å². The molecule has 1 N–H and O–H groups in total. The van der Waals surface area contributed by atoms with Crippen LogP contribution in [0.15, 0.2) is 41.0 Å². The summed E-state index contributed by atoms with van der Waals surface area (Å²) in [5.74, 6) is -1.19. The van der Waals surface area contributed by atoms with Crippen molar-refractivity contribution in [3.8, 4) is 0 Å². The number of carboxylic acid groups (broad SMARTS) is 1. The monoisotopic (exact) mass is 285 g/mol. The lowest BCUT2D eigenvalue weighted by Crippen LogP contribution is -2.43. The molecule has 1 amide bonds. The Morgan fingerprint density at radius 1 is 1.29 bits per heavy atom. The Morgan fingerprint density at radius 3 is 2.71 bits per heavy atom. The van der Waals surface area contributed by atoms with Gasteiger partial charge in [0.15, 0.2) is 11.8 Å². The summed E-state index contributed by atoms with van der Waals surface area (Å²) < 4.78 is 5.21. The molecule has 5 nitrogen and oxygen atoms in total. The van der Waals surface area contributed by atoms with Gasteiger partial charge in [0.1, 0.15) is 0 Å². The Balaban J connectivity index is 2.02. The zero-order chi connectivity index (χ0) is 15.0. The third-order valence-electron chi connectivity index (χ3n) is 3.83. The first kappa shape index (κ1) is 13.4. The third kappa shape index (κ3) is 2.20. The second-order valence-corrected chi connectivity index (χ2v) is 5.12. The number of carbonyl (C=O) groups excluding carboxylic acids is 1. The van der Waals surface area contributed by atoms with E-state index in [1.165, 1.54) is 11.2 Å². The Morgan fingerprint density at radius 2 is 2.05 bits per heavy atom. The van der Waals surface area contributed by atoms with E-state index in [0.29, 0.717) is 24.1 Å². The van der Waals surface area contributed by atoms with E-state index in [4.69, 9.17) is 4.42 Å². The zero-order valence-electron chi connectivity index (χ0n) is 11.6. The molecule has 1 unspecified atom stereocenters. The number of fused-ring (bicyclic) bond motifs is 1. The second kappa shape index (κ2) is 5.09. The molecule has 21 heavy (non-hydrogen) atoms. The molecule has 3 rings (SSSR count). The van der Waals surface area contributed by atoms with E-state index in [0.717, 1.165) is 5.56 Å². The van der Waals surface area contributed by atoms with E-state index >= 15 is 0 Å². The summed E-state index contributed by atoms with van der Waals surface area (Å²) >= 11 is 0. The summed E-state index contributed by atoms with van der Waals surface area (Å²) in [6.45, 7) is 2.14. The van der Waals surface area contributed by atoms with Gasteiger partial charge >= 0.3 is 5.97 Å². The van der Waals surface area contributed by atoms with Crippen molar-refractivity contribution < 1.29 is 19.1 Å². The van der Waals surface area contributed by atoms with Crippen LogP contribution in [0.4, 0.5) is 0 Å². The minimum absolute atomic E-state index is 0.209. The number of amides is 1. The number of aryl methyl sites for hydroxylation is 1. The fourth-order valence-corrected chi connectivity index (χ4v) is 2.77. The molecule has 2 aromatic rings. The van der Waals surface area contributed by atoms with E-state index < -0.39 is 12.0 Å². The average Bonchev–Trinajstić information content (AvgIpc) is 2.91. The van der Waals surface area contributed by atoms with Gasteiger partial charge in [0.25, 0.3) is 5.91 Å². The molecule has 1 aliphatic heterocycles. The Bertz CT molecular complexity index is 704. The standard InChI is InChI=1S/C16H15NO4/c1-10-7-9-21-14(10)15(18)17-8-6-11-4-2-3-5-12(11)13(17)16(19)20/h2-5,7,9,13H,6,8H2,1H3,(H,19,20). The number of nitrogens with zero attached hydrogens (tertiary/aromatic N) is 1. The van der Waals surface area contributed by atoms with Crippen LogP contribution in [0.3, 0.4) is 0 Å². The van der Waals surface area contributed by atoms with Crippen molar-refractivity contribution in [3.05, 3.63) is 59.0 Å². The van der Waals surface area contributed by atoms with Crippen molar-refractivity contribution in [1.82, 2.24) is 4.90 Å². The molecule has 108 valence electrons. The van der Waals surface area contributed by atoms with Crippen LogP contribution in [-0.2, 0) is 11.2 Å². The molecule has 0 bridgehead atoms. The van der Waals surface area contributed by atoms with Crippen LogP contribution in [0.1, 0.15) is 33.3 Å². The van der Waals surface area contributed by atoms with Crippen LogP contribution in [0.2, 0.25) is 0 Å². The van der Waals surface area contributed by atoms with Crippen molar-refractivity contribution in [1.29, 1.82) is 0 Å². The lowest BCUT2D eigenvalue weighted by Gasteiger charge is -2.34. The molecule has 1 aromatic carbocycles. The number of aliphatic carboxylic acids is 1. The minimum Gasteiger partial charge on any atom is -0.479 e. The number of furan rings is 1. The Kier molecular flexibility index (Phi) is 3.25. The number of carbonyl (C=O) groups is 2. The fraction of sp³-hybridized carbons (Fsp3) is 0.250. The minimum atomic E-state index is -1.03. The van der Waals surface area contributed by atoms with Crippen LogP contribution in [0.5, 0.6) is 0 Å². The largest absolute Gasteiger partial charge is 0.479 e. The van der Waals surface area contributed by atoms with E-state index in [-0.39, 0.29) is 11.7 Å². The van der Waals surface area contributed by atoms with Gasteiger partial charge < -0.3 is 14.4 Å². The highest BCUT2D eigenvalue weighted by Gasteiger charge is 2.37. The molecular weight excluding hydrogens is 270 g/mol. The third-order valence-corrected chi connectivity index (χ3v) is 3.83. The predicted octanol–water partition coefficient (Wildman–Crippen LogP) is 2.41. The quantitative estimate of drug-likeness (QED) is 0.919. The molecule has 0 saturated heterocycles. The van der Waals surface area contributed by atoms with E-state index in [1.54, 1.807) is 25.1 Å². The van der Waals surface area contributed by atoms with Gasteiger partial charge in [-0.1, -0.05) is 24.3 Å². The molecule has 0 aliphatic carbocycles. The molecule has 2 heterocycles. The highest BCUT2D eigenvalue weighted by Crippen LogP contribution is 2.31. The van der Waals surface area contributed by atoms with Gasteiger partial charge in [0.2, 0.25) is 0 Å².